The smallest absolute Gasteiger partial charge is 0.411 e. The van der Waals surface area contributed by atoms with Gasteiger partial charge in [-0.25, -0.2) is 4.79 Å². The summed E-state index contributed by atoms with van der Waals surface area (Å²) < 4.78 is 5.55. The summed E-state index contributed by atoms with van der Waals surface area (Å²) >= 11 is 0. The minimum Gasteiger partial charge on any atom is -0.444 e. The number of nitrogens with zero attached hydrogens (tertiary/aromatic N) is 2. The second-order valence-electron chi connectivity index (χ2n) is 8.01. The second kappa shape index (κ2) is 6.54. The van der Waals surface area contributed by atoms with Crippen molar-refractivity contribution in [2.45, 2.75) is 65.0 Å². The van der Waals surface area contributed by atoms with E-state index in [4.69, 9.17) is 4.74 Å². The van der Waals surface area contributed by atoms with E-state index in [0.717, 1.165) is 25.9 Å². The second-order valence-corrected chi connectivity index (χ2v) is 8.01. The Labute approximate surface area is 139 Å². The van der Waals surface area contributed by atoms with E-state index in [1.807, 2.05) is 37.8 Å². The van der Waals surface area contributed by atoms with E-state index < -0.39 is 17.2 Å². The lowest BCUT2D eigenvalue weighted by molar-refractivity contribution is -0.140. The molecule has 23 heavy (non-hydrogen) atoms. The van der Waals surface area contributed by atoms with Crippen LogP contribution < -0.4 is 0 Å². The molecule has 1 atom stereocenters. The standard InChI is InChI=1S/C18H30N2O3/c1-14(2)13-18(15(21)19-10-6-7-11-19)9-8-12-20(18)16(22)23-17(3,4)5/h8-9,14H,6-7,10-13H2,1-5H3. The summed E-state index contributed by atoms with van der Waals surface area (Å²) in [5, 5.41) is 0. The molecule has 5 nitrogen and oxygen atoms in total. The van der Waals surface area contributed by atoms with E-state index in [1.54, 1.807) is 4.90 Å². The SMILES string of the molecule is CC(C)CC1(C(=O)N2CCCC2)C=CCN1C(=O)OC(C)(C)C. The number of ether oxygens (including phenoxy) is 1. The van der Waals surface area contributed by atoms with E-state index >= 15 is 0 Å². The fraction of sp³-hybridized carbons (Fsp3) is 0.778. The van der Waals surface area contributed by atoms with Crippen LogP contribution in [0, 0.1) is 5.92 Å². The normalized spacial score (nSPS) is 24.6. The first-order valence-electron chi connectivity index (χ1n) is 8.63. The maximum Gasteiger partial charge on any atom is 0.411 e. The van der Waals surface area contributed by atoms with Crippen LogP contribution in [0.4, 0.5) is 4.79 Å². The molecule has 2 amide bonds. The maximum absolute atomic E-state index is 13.2. The van der Waals surface area contributed by atoms with Crippen LogP contribution >= 0.6 is 0 Å². The van der Waals surface area contributed by atoms with Crippen LogP contribution in [-0.2, 0) is 9.53 Å². The lowest BCUT2D eigenvalue weighted by atomic mass is 9.87. The van der Waals surface area contributed by atoms with Crippen LogP contribution in [-0.4, -0.2) is 52.6 Å². The van der Waals surface area contributed by atoms with Gasteiger partial charge in [0.05, 0.1) is 0 Å². The number of carbonyl (C=O) groups is 2. The summed E-state index contributed by atoms with van der Waals surface area (Å²) in [6, 6.07) is 0. The van der Waals surface area contributed by atoms with E-state index in [0.29, 0.717) is 18.9 Å². The third kappa shape index (κ3) is 3.88. The molecule has 2 heterocycles. The van der Waals surface area contributed by atoms with Crippen molar-refractivity contribution >= 4 is 12.0 Å². The molecule has 0 aromatic rings. The average Bonchev–Trinajstić information content (AvgIpc) is 3.04. The van der Waals surface area contributed by atoms with Crippen molar-refractivity contribution in [3.05, 3.63) is 12.2 Å². The Morgan fingerprint density at radius 3 is 2.35 bits per heavy atom. The van der Waals surface area contributed by atoms with Gasteiger partial charge in [0, 0.05) is 19.6 Å². The Bertz CT molecular complexity index is 487. The van der Waals surface area contributed by atoms with E-state index in [-0.39, 0.29) is 5.91 Å². The van der Waals surface area contributed by atoms with Crippen molar-refractivity contribution in [3.8, 4) is 0 Å². The molecule has 0 saturated carbocycles. The Balaban J connectivity index is 2.29. The molecule has 1 saturated heterocycles. The van der Waals surface area contributed by atoms with Crippen LogP contribution in [0.2, 0.25) is 0 Å². The van der Waals surface area contributed by atoms with Gasteiger partial charge in [0.25, 0.3) is 5.91 Å². The molecule has 0 N–H and O–H groups in total. The molecule has 2 rings (SSSR count). The first-order valence-corrected chi connectivity index (χ1v) is 8.63. The quantitative estimate of drug-likeness (QED) is 0.750. The molecule has 0 aliphatic carbocycles. The lowest BCUT2D eigenvalue weighted by Gasteiger charge is -2.40. The third-order valence-corrected chi connectivity index (χ3v) is 4.26. The van der Waals surface area contributed by atoms with Gasteiger partial charge in [-0.3, -0.25) is 9.69 Å². The molecule has 0 bridgehead atoms. The summed E-state index contributed by atoms with van der Waals surface area (Å²) in [6.07, 6.45) is 6.13. The summed E-state index contributed by atoms with van der Waals surface area (Å²) in [7, 11) is 0. The first-order chi connectivity index (χ1) is 10.7. The highest BCUT2D eigenvalue weighted by Gasteiger charge is 2.50. The molecule has 0 aromatic carbocycles. The van der Waals surface area contributed by atoms with E-state index in [2.05, 4.69) is 13.8 Å². The topological polar surface area (TPSA) is 49.9 Å². The molecular weight excluding hydrogens is 292 g/mol. The van der Waals surface area contributed by atoms with Crippen LogP contribution in [0.5, 0.6) is 0 Å². The molecule has 130 valence electrons. The van der Waals surface area contributed by atoms with Gasteiger partial charge in [-0.2, -0.15) is 0 Å². The van der Waals surface area contributed by atoms with Crippen molar-refractivity contribution in [2.75, 3.05) is 19.6 Å². The Kier molecular flexibility index (Phi) is 5.07. The van der Waals surface area contributed by atoms with Gasteiger partial charge < -0.3 is 9.64 Å². The van der Waals surface area contributed by atoms with Crippen LogP contribution in [0.15, 0.2) is 12.2 Å². The first kappa shape index (κ1) is 17.8. The molecule has 1 fully saturated rings. The highest BCUT2D eigenvalue weighted by Crippen LogP contribution is 2.34. The molecule has 5 heteroatoms. The van der Waals surface area contributed by atoms with Gasteiger partial charge in [0.15, 0.2) is 0 Å². The molecule has 0 radical (unpaired) electrons. The van der Waals surface area contributed by atoms with Crippen LogP contribution in [0.3, 0.4) is 0 Å². The van der Waals surface area contributed by atoms with Gasteiger partial charge >= 0.3 is 6.09 Å². The molecule has 2 aliphatic heterocycles. The van der Waals surface area contributed by atoms with Crippen molar-refractivity contribution in [1.29, 1.82) is 0 Å². The number of amides is 2. The van der Waals surface area contributed by atoms with Gasteiger partial charge in [0.1, 0.15) is 11.1 Å². The van der Waals surface area contributed by atoms with E-state index in [9.17, 15) is 9.59 Å². The van der Waals surface area contributed by atoms with Crippen molar-refractivity contribution < 1.29 is 14.3 Å². The summed E-state index contributed by atoms with van der Waals surface area (Å²) in [5.74, 6) is 0.345. The van der Waals surface area contributed by atoms with Crippen LogP contribution in [0.1, 0.15) is 53.9 Å². The molecule has 0 spiro atoms. The zero-order chi connectivity index (χ0) is 17.3. The fourth-order valence-electron chi connectivity index (χ4n) is 3.43. The molecular formula is C18H30N2O3. The van der Waals surface area contributed by atoms with E-state index in [1.165, 1.54) is 0 Å². The monoisotopic (exact) mass is 322 g/mol. The largest absolute Gasteiger partial charge is 0.444 e. The Hall–Kier alpha value is -1.52. The van der Waals surface area contributed by atoms with Gasteiger partial charge in [-0.05, 0) is 46.0 Å². The predicted molar refractivity (Wildman–Crippen MR) is 90.1 cm³/mol. The van der Waals surface area contributed by atoms with Gasteiger partial charge in [0.2, 0.25) is 0 Å². The minimum absolute atomic E-state index is 0.0447. The summed E-state index contributed by atoms with van der Waals surface area (Å²) in [6.45, 7) is 11.7. The Morgan fingerprint density at radius 1 is 1.22 bits per heavy atom. The number of likely N-dealkylation sites (tertiary alicyclic amines) is 1. The zero-order valence-corrected chi connectivity index (χ0v) is 15.1. The maximum atomic E-state index is 13.2. The molecule has 0 aromatic heterocycles. The van der Waals surface area contributed by atoms with Gasteiger partial charge in [-0.1, -0.05) is 26.0 Å². The Morgan fingerprint density at radius 2 is 1.83 bits per heavy atom. The third-order valence-electron chi connectivity index (χ3n) is 4.26. The summed E-state index contributed by atoms with van der Waals surface area (Å²) in [4.78, 5) is 29.4. The lowest BCUT2D eigenvalue weighted by Crippen LogP contribution is -2.59. The van der Waals surface area contributed by atoms with Crippen molar-refractivity contribution in [3.63, 3.8) is 0 Å². The zero-order valence-electron chi connectivity index (χ0n) is 15.1. The number of hydrogen-bond donors (Lipinski definition) is 0. The number of hydrogen-bond acceptors (Lipinski definition) is 3. The minimum atomic E-state index is -0.888. The number of rotatable bonds is 3. The fourth-order valence-corrected chi connectivity index (χ4v) is 3.43. The number of carbonyl (C=O) groups excluding carboxylic acids is 2. The molecule has 1 unspecified atom stereocenters. The average molecular weight is 322 g/mol. The van der Waals surface area contributed by atoms with Gasteiger partial charge in [-0.15, -0.1) is 0 Å². The van der Waals surface area contributed by atoms with Crippen LogP contribution in [0.25, 0.3) is 0 Å². The molecule has 2 aliphatic rings. The van der Waals surface area contributed by atoms with Crippen molar-refractivity contribution in [1.82, 2.24) is 9.80 Å². The van der Waals surface area contributed by atoms with Crippen molar-refractivity contribution in [2.24, 2.45) is 5.92 Å². The predicted octanol–water partition coefficient (Wildman–Crippen LogP) is 3.20. The highest BCUT2D eigenvalue weighted by atomic mass is 16.6. The summed E-state index contributed by atoms with van der Waals surface area (Å²) in [5.41, 5.74) is -1.46. The highest BCUT2D eigenvalue weighted by molar-refractivity contribution is 5.93.